The maximum absolute atomic E-state index is 12.9. The van der Waals surface area contributed by atoms with Gasteiger partial charge in [0.25, 0.3) is 5.91 Å². The molecule has 0 spiro atoms. The normalized spacial score (nSPS) is 15.3. The van der Waals surface area contributed by atoms with Gasteiger partial charge in [-0.25, -0.2) is 0 Å². The Bertz CT molecular complexity index is 470. The van der Waals surface area contributed by atoms with Crippen LogP contribution < -0.4 is 4.74 Å². The van der Waals surface area contributed by atoms with Gasteiger partial charge in [0, 0.05) is 17.9 Å². The van der Waals surface area contributed by atoms with Gasteiger partial charge in [0.2, 0.25) is 0 Å². The lowest BCUT2D eigenvalue weighted by molar-refractivity contribution is 0.0693. The minimum absolute atomic E-state index is 0.0944. The van der Waals surface area contributed by atoms with Gasteiger partial charge in [0.05, 0.1) is 12.7 Å². The average molecular weight is 340 g/mol. The van der Waals surface area contributed by atoms with E-state index in [1.54, 1.807) is 7.11 Å². The van der Waals surface area contributed by atoms with E-state index in [2.05, 4.69) is 15.9 Å². The lowest BCUT2D eigenvalue weighted by atomic mass is 10.1. The third-order valence-corrected chi connectivity index (χ3v) is 4.29. The molecular formula is C16H22BrNO2. The van der Waals surface area contributed by atoms with Crippen LogP contribution in [0.1, 0.15) is 41.6 Å². The zero-order valence-corrected chi connectivity index (χ0v) is 13.8. The predicted molar refractivity (Wildman–Crippen MR) is 84.8 cm³/mol. The highest BCUT2D eigenvalue weighted by Crippen LogP contribution is 2.28. The number of amides is 1. The molecule has 4 heteroatoms. The zero-order chi connectivity index (χ0) is 14.5. The van der Waals surface area contributed by atoms with E-state index in [0.717, 1.165) is 30.3 Å². The van der Waals surface area contributed by atoms with E-state index in [4.69, 9.17) is 4.74 Å². The van der Waals surface area contributed by atoms with Crippen molar-refractivity contribution in [3.05, 3.63) is 29.3 Å². The summed E-state index contributed by atoms with van der Waals surface area (Å²) in [7, 11) is 1.62. The Hall–Kier alpha value is -1.03. The molecule has 0 bridgehead atoms. The molecule has 1 aliphatic carbocycles. The topological polar surface area (TPSA) is 29.5 Å². The van der Waals surface area contributed by atoms with Crippen molar-refractivity contribution in [1.82, 2.24) is 4.90 Å². The van der Waals surface area contributed by atoms with Crippen LogP contribution in [-0.4, -0.2) is 35.8 Å². The Kier molecular flexibility index (Phi) is 5.46. The van der Waals surface area contributed by atoms with Crippen molar-refractivity contribution in [3.8, 4) is 5.75 Å². The Morgan fingerprint density at radius 1 is 1.40 bits per heavy atom. The molecule has 1 fully saturated rings. The number of hydrogen-bond acceptors (Lipinski definition) is 2. The second kappa shape index (κ2) is 7.11. The summed E-state index contributed by atoms with van der Waals surface area (Å²) in [6, 6.07) is 6.16. The van der Waals surface area contributed by atoms with Gasteiger partial charge >= 0.3 is 0 Å². The van der Waals surface area contributed by atoms with Crippen molar-refractivity contribution < 1.29 is 9.53 Å². The van der Waals surface area contributed by atoms with Crippen LogP contribution >= 0.6 is 15.9 Å². The number of methoxy groups -OCH3 is 1. The van der Waals surface area contributed by atoms with Crippen LogP contribution in [0.5, 0.6) is 5.75 Å². The molecular weight excluding hydrogens is 318 g/mol. The predicted octanol–water partition coefficient (Wildman–Crippen LogP) is 3.78. The molecule has 3 nitrogen and oxygen atoms in total. The zero-order valence-electron chi connectivity index (χ0n) is 12.2. The fourth-order valence-corrected chi connectivity index (χ4v) is 3.28. The average Bonchev–Trinajstić information content (AvgIpc) is 2.98. The van der Waals surface area contributed by atoms with E-state index in [0.29, 0.717) is 17.4 Å². The Morgan fingerprint density at radius 3 is 2.70 bits per heavy atom. The van der Waals surface area contributed by atoms with Gasteiger partial charge in [-0.3, -0.25) is 4.79 Å². The third kappa shape index (κ3) is 3.35. The Balaban J connectivity index is 2.28. The standard InChI is InChI=1S/C16H22BrNO2/c1-12-7-8-15(20-2)14(11-12)16(19)18(10-9-17)13-5-3-4-6-13/h7-8,11,13H,3-6,9-10H2,1-2H3. The molecule has 110 valence electrons. The van der Waals surface area contributed by atoms with Gasteiger partial charge in [-0.15, -0.1) is 0 Å². The van der Waals surface area contributed by atoms with Crippen LogP contribution in [0.4, 0.5) is 0 Å². The van der Waals surface area contributed by atoms with E-state index in [-0.39, 0.29) is 5.91 Å². The van der Waals surface area contributed by atoms with Gasteiger partial charge in [0.15, 0.2) is 0 Å². The van der Waals surface area contributed by atoms with E-state index < -0.39 is 0 Å². The molecule has 1 aromatic rings. The lowest BCUT2D eigenvalue weighted by Gasteiger charge is -2.29. The van der Waals surface area contributed by atoms with E-state index >= 15 is 0 Å². The summed E-state index contributed by atoms with van der Waals surface area (Å²) in [6.45, 7) is 2.75. The molecule has 20 heavy (non-hydrogen) atoms. The van der Waals surface area contributed by atoms with Crippen molar-refractivity contribution in [2.45, 2.75) is 38.6 Å². The molecule has 0 radical (unpaired) electrons. The summed E-state index contributed by atoms with van der Waals surface area (Å²) >= 11 is 3.46. The molecule has 0 atom stereocenters. The molecule has 1 saturated carbocycles. The van der Waals surface area contributed by atoms with E-state index in [1.165, 1.54) is 12.8 Å². The minimum Gasteiger partial charge on any atom is -0.496 e. The first kappa shape index (κ1) is 15.4. The SMILES string of the molecule is COc1ccc(C)cc1C(=O)N(CCBr)C1CCCC1. The molecule has 2 rings (SSSR count). The largest absolute Gasteiger partial charge is 0.496 e. The van der Waals surface area contributed by atoms with Crippen LogP contribution in [0.25, 0.3) is 0 Å². The van der Waals surface area contributed by atoms with Crippen molar-refractivity contribution in [1.29, 1.82) is 0 Å². The van der Waals surface area contributed by atoms with Crippen molar-refractivity contribution in [2.75, 3.05) is 19.0 Å². The van der Waals surface area contributed by atoms with Crippen molar-refractivity contribution in [3.63, 3.8) is 0 Å². The second-order valence-electron chi connectivity index (χ2n) is 5.33. The molecule has 0 heterocycles. The number of carbonyl (C=O) groups is 1. The second-order valence-corrected chi connectivity index (χ2v) is 6.12. The summed E-state index contributed by atoms with van der Waals surface area (Å²) in [4.78, 5) is 14.9. The highest BCUT2D eigenvalue weighted by Gasteiger charge is 2.28. The summed E-state index contributed by atoms with van der Waals surface area (Å²) in [5.41, 5.74) is 1.76. The Morgan fingerprint density at radius 2 is 2.10 bits per heavy atom. The number of nitrogens with zero attached hydrogens (tertiary/aromatic N) is 1. The Labute approximate surface area is 129 Å². The highest BCUT2D eigenvalue weighted by molar-refractivity contribution is 9.09. The summed E-state index contributed by atoms with van der Waals surface area (Å²) in [6.07, 6.45) is 4.68. The number of carbonyl (C=O) groups excluding carboxylic acids is 1. The number of ether oxygens (including phenoxy) is 1. The minimum atomic E-state index is 0.0944. The molecule has 0 saturated heterocycles. The monoisotopic (exact) mass is 339 g/mol. The number of rotatable bonds is 5. The van der Waals surface area contributed by atoms with Crippen LogP contribution in [0.15, 0.2) is 18.2 Å². The van der Waals surface area contributed by atoms with Crippen molar-refractivity contribution in [2.24, 2.45) is 0 Å². The van der Waals surface area contributed by atoms with Crippen LogP contribution in [-0.2, 0) is 0 Å². The first-order chi connectivity index (χ1) is 9.67. The van der Waals surface area contributed by atoms with Crippen LogP contribution in [0.3, 0.4) is 0 Å². The lowest BCUT2D eigenvalue weighted by Crippen LogP contribution is -2.40. The van der Waals surface area contributed by atoms with E-state index in [1.807, 2.05) is 30.0 Å². The van der Waals surface area contributed by atoms with E-state index in [9.17, 15) is 4.79 Å². The summed E-state index contributed by atoms with van der Waals surface area (Å²) in [5, 5.41) is 0.809. The maximum Gasteiger partial charge on any atom is 0.257 e. The van der Waals surface area contributed by atoms with Gasteiger partial charge in [0.1, 0.15) is 5.75 Å². The smallest absolute Gasteiger partial charge is 0.257 e. The molecule has 1 amide bonds. The number of hydrogen-bond donors (Lipinski definition) is 0. The summed E-state index contributed by atoms with van der Waals surface area (Å²) < 4.78 is 5.35. The molecule has 1 aromatic carbocycles. The fourth-order valence-electron chi connectivity index (χ4n) is 2.90. The summed E-state index contributed by atoms with van der Waals surface area (Å²) in [5.74, 6) is 0.759. The molecule has 0 N–H and O–H groups in total. The first-order valence-corrected chi connectivity index (χ1v) is 8.31. The number of halogens is 1. The number of benzene rings is 1. The van der Waals surface area contributed by atoms with Crippen molar-refractivity contribution >= 4 is 21.8 Å². The first-order valence-electron chi connectivity index (χ1n) is 7.19. The van der Waals surface area contributed by atoms with Gasteiger partial charge in [-0.05, 0) is 31.9 Å². The van der Waals surface area contributed by atoms with Gasteiger partial charge < -0.3 is 9.64 Å². The fraction of sp³-hybridized carbons (Fsp3) is 0.562. The molecule has 0 unspecified atom stereocenters. The van der Waals surface area contributed by atoms with Gasteiger partial charge in [-0.1, -0.05) is 40.4 Å². The molecule has 0 aromatic heterocycles. The quantitative estimate of drug-likeness (QED) is 0.764. The third-order valence-electron chi connectivity index (χ3n) is 3.94. The van der Waals surface area contributed by atoms with Crippen LogP contribution in [0, 0.1) is 6.92 Å². The molecule has 1 aliphatic rings. The van der Waals surface area contributed by atoms with Gasteiger partial charge in [-0.2, -0.15) is 0 Å². The van der Waals surface area contributed by atoms with Crippen LogP contribution in [0.2, 0.25) is 0 Å². The molecule has 0 aliphatic heterocycles. The number of aryl methyl sites for hydroxylation is 1. The maximum atomic E-state index is 12.9. The highest BCUT2D eigenvalue weighted by atomic mass is 79.9. The number of alkyl halides is 1.